The van der Waals surface area contributed by atoms with E-state index >= 15 is 0 Å². The van der Waals surface area contributed by atoms with Gasteiger partial charge in [0, 0.05) is 18.8 Å². The van der Waals surface area contributed by atoms with Gasteiger partial charge in [-0.15, -0.1) is 0 Å². The summed E-state index contributed by atoms with van der Waals surface area (Å²) in [6, 6.07) is 36.7. The second-order valence-electron chi connectivity index (χ2n) is 12.3. The molecule has 0 saturated heterocycles. The number of halogens is 1. The van der Waals surface area contributed by atoms with Crippen LogP contribution in [0, 0.1) is 10.8 Å². The maximum atomic E-state index is 12.5. The van der Waals surface area contributed by atoms with E-state index in [0.717, 1.165) is 5.44 Å². The third-order valence-corrected chi connectivity index (χ3v) is 9.38. The van der Waals surface area contributed by atoms with Crippen molar-refractivity contribution in [3.63, 3.8) is 0 Å². The van der Waals surface area contributed by atoms with E-state index in [1.807, 2.05) is 71.9 Å². The van der Waals surface area contributed by atoms with Gasteiger partial charge in [0.25, 0.3) is 0 Å². The lowest BCUT2D eigenvalue weighted by Gasteiger charge is -2.21. The highest BCUT2D eigenvalue weighted by molar-refractivity contribution is 9.10. The van der Waals surface area contributed by atoms with Gasteiger partial charge in [-0.2, -0.15) is 0 Å². The van der Waals surface area contributed by atoms with Crippen molar-refractivity contribution in [3.8, 4) is 0 Å². The van der Waals surface area contributed by atoms with Crippen LogP contribution in [0.4, 0.5) is 11.6 Å². The fourth-order valence-corrected chi connectivity index (χ4v) is 6.80. The summed E-state index contributed by atoms with van der Waals surface area (Å²) >= 11 is 3.24. The number of anilines is 2. The number of pyridine rings is 2. The molecule has 1 unspecified atom stereocenters. The van der Waals surface area contributed by atoms with Gasteiger partial charge >= 0.3 is 0 Å². The molecule has 0 radical (unpaired) electrons. The molecule has 3 aromatic carbocycles. The Morgan fingerprint density at radius 2 is 1.11 bits per heavy atom. The molecular weight excluding hydrogens is 655 g/mol. The zero-order valence-electron chi connectivity index (χ0n) is 25.9. The van der Waals surface area contributed by atoms with Crippen molar-refractivity contribution in [2.24, 2.45) is 10.8 Å². The lowest BCUT2D eigenvalue weighted by molar-refractivity contribution is -0.123. The zero-order valence-corrected chi connectivity index (χ0v) is 28.4. The first-order valence-electron chi connectivity index (χ1n) is 14.4. The molecule has 1 atom stereocenters. The number of amides is 2. The Hall–Kier alpha value is -3.93. The van der Waals surface area contributed by atoms with Gasteiger partial charge in [0.05, 0.1) is 5.44 Å². The van der Waals surface area contributed by atoms with Gasteiger partial charge in [-0.1, -0.05) is 141 Å². The Morgan fingerprint density at radius 1 is 0.609 bits per heavy atom. The van der Waals surface area contributed by atoms with E-state index in [-0.39, 0.29) is 26.7 Å². The van der Waals surface area contributed by atoms with Crippen molar-refractivity contribution in [3.05, 3.63) is 114 Å². The molecule has 5 aromatic rings. The van der Waals surface area contributed by atoms with Crippen LogP contribution in [0.5, 0.6) is 0 Å². The molecule has 0 saturated carbocycles. The van der Waals surface area contributed by atoms with Crippen molar-refractivity contribution >= 4 is 74.1 Å². The average molecular weight is 702 g/mol. The van der Waals surface area contributed by atoms with E-state index in [1.54, 1.807) is 6.07 Å². The summed E-state index contributed by atoms with van der Waals surface area (Å²) in [5, 5.41) is 10.7. The minimum Gasteiger partial charge on any atom is -0.310 e. The van der Waals surface area contributed by atoms with E-state index in [1.165, 1.54) is 21.4 Å². The minimum atomic E-state index is -0.877. The Labute approximate surface area is 284 Å². The van der Waals surface area contributed by atoms with Crippen LogP contribution in [-0.4, -0.2) is 21.8 Å². The molecule has 0 aliphatic rings. The summed E-state index contributed by atoms with van der Waals surface area (Å²) in [6.07, 6.45) is 0. The van der Waals surface area contributed by atoms with Crippen LogP contribution in [0.3, 0.4) is 0 Å². The number of benzene rings is 3. The Bertz CT molecular complexity index is 1740. The lowest BCUT2D eigenvalue weighted by Crippen LogP contribution is -2.29. The number of fused-ring (bicyclic) bond motifs is 1. The first-order valence-corrected chi connectivity index (χ1v) is 16.5. The molecule has 5 rings (SSSR count). The fourth-order valence-electron chi connectivity index (χ4n) is 4.08. The van der Waals surface area contributed by atoms with Crippen LogP contribution < -0.4 is 26.7 Å². The van der Waals surface area contributed by atoms with Gasteiger partial charge < -0.3 is 10.6 Å². The fraction of sp³-hybridized carbons (Fsp3) is 0.263. The van der Waals surface area contributed by atoms with E-state index in [9.17, 15) is 9.59 Å². The molecule has 0 aliphatic carbocycles. The maximum absolute atomic E-state index is 12.5. The molecule has 0 fully saturated rings. The van der Waals surface area contributed by atoms with Crippen LogP contribution in [0.15, 0.2) is 114 Å². The molecule has 0 bridgehead atoms. The van der Waals surface area contributed by atoms with Crippen molar-refractivity contribution in [2.45, 2.75) is 56.4 Å². The number of hydrogen-bond donors (Lipinski definition) is 2. The average Bonchev–Trinajstić information content (AvgIpc) is 2.98. The molecular formula is C38H46BrN4O2P. The van der Waals surface area contributed by atoms with E-state index in [0.29, 0.717) is 16.2 Å². The molecule has 2 heterocycles. The predicted molar refractivity (Wildman–Crippen MR) is 202 cm³/mol. The number of carbonyl (C=O) groups excluding carboxylic acids is 2. The largest absolute Gasteiger partial charge is 0.310 e. The minimum absolute atomic E-state index is 0. The Kier molecular flexibility index (Phi) is 13.8. The number of nitrogens with one attached hydrogen (secondary N) is 2. The van der Waals surface area contributed by atoms with E-state index < -0.39 is 18.8 Å². The van der Waals surface area contributed by atoms with Gasteiger partial charge in [-0.05, 0) is 61.6 Å². The predicted octanol–water partition coefficient (Wildman–Crippen LogP) is 9.08. The maximum Gasteiger partial charge on any atom is 0.230 e. The highest BCUT2D eigenvalue weighted by Crippen LogP contribution is 2.35. The number of rotatable bonds is 5. The summed E-state index contributed by atoms with van der Waals surface area (Å²) in [5.41, 5.74) is 0.0980. The number of carbonyl (C=O) groups is 2. The third kappa shape index (κ3) is 10.3. The van der Waals surface area contributed by atoms with Crippen LogP contribution in [0.1, 0.15) is 56.4 Å². The standard InChI is InChI=1S/C26H25N2OP.C10H13BrN2O.2CH4/c1-26(2,3)25(29)28-23-17-10-18-24(27-23)30(20-13-5-4-6-14-20)22-16-9-12-19-11-7-8-15-21(19)22;1-10(2,3)9(14)13-8-6-4-5-7(11)12-8;;/h4-18H,1-3H3,(H,27,28,29);4-6H,1-3H3,(H,12,13,14);2*1H4. The smallest absolute Gasteiger partial charge is 0.230 e. The molecule has 2 N–H and O–H groups in total. The molecule has 6 nitrogen and oxygen atoms in total. The third-order valence-electron chi connectivity index (χ3n) is 6.55. The summed E-state index contributed by atoms with van der Waals surface area (Å²) in [6.45, 7) is 11.3. The molecule has 242 valence electrons. The van der Waals surface area contributed by atoms with Gasteiger partial charge in [0.2, 0.25) is 11.8 Å². The van der Waals surface area contributed by atoms with Gasteiger partial charge in [-0.3, -0.25) is 9.59 Å². The first-order chi connectivity index (χ1) is 20.8. The van der Waals surface area contributed by atoms with Crippen molar-refractivity contribution in [1.29, 1.82) is 0 Å². The lowest BCUT2D eigenvalue weighted by atomic mass is 9.96. The SMILES string of the molecule is C.C.CC(C)(C)C(=O)Nc1cccc(Br)n1.CC(C)(C)C(=O)Nc1cccc(P(c2ccccc2)c2cccc3ccccc23)n1. The molecule has 0 aliphatic heterocycles. The number of aromatic nitrogens is 2. The van der Waals surface area contributed by atoms with E-state index in [4.69, 9.17) is 4.98 Å². The summed E-state index contributed by atoms with van der Waals surface area (Å²) in [7, 11) is -0.877. The summed E-state index contributed by atoms with van der Waals surface area (Å²) in [5.74, 6) is 1.08. The van der Waals surface area contributed by atoms with Crippen LogP contribution in [0.2, 0.25) is 0 Å². The quantitative estimate of drug-likeness (QED) is 0.142. The Balaban J connectivity index is 0.000000392. The number of hydrogen-bond acceptors (Lipinski definition) is 4. The van der Waals surface area contributed by atoms with Crippen LogP contribution in [-0.2, 0) is 9.59 Å². The van der Waals surface area contributed by atoms with Gasteiger partial charge in [0.1, 0.15) is 16.2 Å². The van der Waals surface area contributed by atoms with E-state index in [2.05, 4.69) is 104 Å². The first kappa shape index (κ1) is 38.3. The molecule has 8 heteroatoms. The van der Waals surface area contributed by atoms with Crippen molar-refractivity contribution < 1.29 is 9.59 Å². The highest BCUT2D eigenvalue weighted by Gasteiger charge is 2.24. The molecule has 2 amide bonds. The second-order valence-corrected chi connectivity index (χ2v) is 15.2. The van der Waals surface area contributed by atoms with Crippen LogP contribution in [0.25, 0.3) is 10.8 Å². The normalized spacial score (nSPS) is 11.5. The van der Waals surface area contributed by atoms with Crippen LogP contribution >= 0.6 is 23.9 Å². The van der Waals surface area contributed by atoms with Crippen molar-refractivity contribution in [1.82, 2.24) is 9.97 Å². The Morgan fingerprint density at radius 3 is 1.70 bits per heavy atom. The molecule has 2 aromatic heterocycles. The zero-order chi connectivity index (χ0) is 31.9. The second kappa shape index (κ2) is 16.6. The number of nitrogens with zero attached hydrogens (tertiary/aromatic N) is 2. The molecule has 46 heavy (non-hydrogen) atoms. The van der Waals surface area contributed by atoms with Gasteiger partial charge in [0.15, 0.2) is 0 Å². The molecule has 0 spiro atoms. The summed E-state index contributed by atoms with van der Waals surface area (Å²) in [4.78, 5) is 33.1. The monoisotopic (exact) mass is 700 g/mol. The highest BCUT2D eigenvalue weighted by atomic mass is 79.9. The summed E-state index contributed by atoms with van der Waals surface area (Å²) < 4.78 is 0.712. The van der Waals surface area contributed by atoms with Gasteiger partial charge in [-0.25, -0.2) is 9.97 Å². The van der Waals surface area contributed by atoms with Crippen molar-refractivity contribution in [2.75, 3.05) is 10.6 Å². The topological polar surface area (TPSA) is 84.0 Å².